The van der Waals surface area contributed by atoms with Gasteiger partial charge in [0.1, 0.15) is 11.9 Å². The molecule has 4 rings (SSSR count). The molecule has 0 N–H and O–H groups in total. The highest BCUT2D eigenvalue weighted by molar-refractivity contribution is 5.90. The Morgan fingerprint density at radius 3 is 2.09 bits per heavy atom. The first-order chi connectivity index (χ1) is 16.9. The number of aryl methyl sites for hydroxylation is 1. The van der Waals surface area contributed by atoms with E-state index in [4.69, 9.17) is 4.74 Å². The van der Waals surface area contributed by atoms with Gasteiger partial charge in [-0.3, -0.25) is 0 Å². The maximum absolute atomic E-state index is 14.9. The summed E-state index contributed by atoms with van der Waals surface area (Å²) >= 11 is 0. The maximum atomic E-state index is 14.9. The largest absolute Gasteiger partial charge is 0.459 e. The third-order valence-electron chi connectivity index (χ3n) is 8.18. The predicted octanol–water partition coefficient (Wildman–Crippen LogP) is 8.62. The van der Waals surface area contributed by atoms with Crippen LogP contribution < -0.4 is 0 Å². The molecule has 5 heteroatoms. The van der Waals surface area contributed by atoms with E-state index in [2.05, 4.69) is 6.92 Å². The lowest BCUT2D eigenvalue weighted by Crippen LogP contribution is -2.25. The highest BCUT2D eigenvalue weighted by atomic mass is 19.2. The fourth-order valence-electron chi connectivity index (χ4n) is 6.04. The van der Waals surface area contributed by atoms with Gasteiger partial charge in [0.15, 0.2) is 11.6 Å². The molecule has 0 amide bonds. The minimum atomic E-state index is -1.10. The van der Waals surface area contributed by atoms with Crippen molar-refractivity contribution < 1.29 is 22.7 Å². The molecule has 2 nitrogen and oxygen atoms in total. The number of carbonyl (C=O) groups is 1. The Balaban J connectivity index is 1.34. The normalized spacial score (nSPS) is 24.8. The molecule has 2 aliphatic rings. The minimum absolute atomic E-state index is 0.00439. The molecule has 0 heterocycles. The summed E-state index contributed by atoms with van der Waals surface area (Å²) in [4.78, 5) is 12.7. The molecular weight excluding hydrogens is 449 g/mol. The van der Waals surface area contributed by atoms with Gasteiger partial charge >= 0.3 is 5.97 Å². The fraction of sp³-hybridized carbons (Fsp3) is 0.567. The van der Waals surface area contributed by atoms with Crippen LogP contribution in [0.4, 0.5) is 13.2 Å². The first kappa shape index (κ1) is 25.8. The Bertz CT molecular complexity index is 1020. The van der Waals surface area contributed by atoms with Crippen molar-refractivity contribution in [2.24, 2.45) is 5.92 Å². The molecule has 2 fully saturated rings. The van der Waals surface area contributed by atoms with Crippen molar-refractivity contribution in [2.75, 3.05) is 0 Å². The molecule has 0 unspecified atom stereocenters. The van der Waals surface area contributed by atoms with Crippen LogP contribution in [-0.2, 0) is 11.2 Å². The lowest BCUT2D eigenvalue weighted by Gasteiger charge is -2.29. The zero-order valence-electron chi connectivity index (χ0n) is 20.9. The molecule has 0 aliphatic heterocycles. The van der Waals surface area contributed by atoms with Gasteiger partial charge < -0.3 is 4.74 Å². The van der Waals surface area contributed by atoms with E-state index < -0.39 is 17.6 Å². The zero-order valence-corrected chi connectivity index (χ0v) is 20.9. The summed E-state index contributed by atoms with van der Waals surface area (Å²) in [7, 11) is 0. The average Bonchev–Trinajstić information content (AvgIpc) is 2.87. The second-order valence-corrected chi connectivity index (χ2v) is 10.4. The van der Waals surface area contributed by atoms with E-state index in [0.29, 0.717) is 42.7 Å². The van der Waals surface area contributed by atoms with Crippen LogP contribution in [0, 0.1) is 23.4 Å². The smallest absolute Gasteiger partial charge is 0.341 e. The molecule has 2 aliphatic carbocycles. The van der Waals surface area contributed by atoms with Crippen LogP contribution in [0.25, 0.3) is 0 Å². The van der Waals surface area contributed by atoms with E-state index in [1.54, 1.807) is 12.1 Å². The number of ether oxygens (including phenoxy) is 1. The van der Waals surface area contributed by atoms with E-state index in [9.17, 15) is 18.0 Å². The van der Waals surface area contributed by atoms with Gasteiger partial charge in [-0.1, -0.05) is 44.9 Å². The minimum Gasteiger partial charge on any atom is -0.459 e. The Kier molecular flexibility index (Phi) is 8.56. The van der Waals surface area contributed by atoms with Gasteiger partial charge in [-0.05, 0) is 104 Å². The van der Waals surface area contributed by atoms with E-state index in [0.717, 1.165) is 44.1 Å². The first-order valence-electron chi connectivity index (χ1n) is 13.4. The van der Waals surface area contributed by atoms with Crippen molar-refractivity contribution in [3.05, 3.63) is 70.0 Å². The van der Waals surface area contributed by atoms with Crippen molar-refractivity contribution in [3.8, 4) is 0 Å². The molecule has 35 heavy (non-hydrogen) atoms. The summed E-state index contributed by atoms with van der Waals surface area (Å²) in [6.07, 6.45) is 9.10. The number of halogens is 3. The summed E-state index contributed by atoms with van der Waals surface area (Å²) in [5, 5.41) is 0. The number of benzene rings is 2. The second-order valence-electron chi connectivity index (χ2n) is 10.4. The van der Waals surface area contributed by atoms with Crippen LogP contribution in [0.5, 0.6) is 0 Å². The summed E-state index contributed by atoms with van der Waals surface area (Å²) in [5.74, 6) is -2.24. The van der Waals surface area contributed by atoms with Crippen LogP contribution >= 0.6 is 0 Å². The molecule has 190 valence electrons. The van der Waals surface area contributed by atoms with Gasteiger partial charge in [0.2, 0.25) is 0 Å². The second kappa shape index (κ2) is 11.6. The number of carbonyl (C=O) groups excluding carboxylic acids is 1. The molecule has 0 atom stereocenters. The highest BCUT2D eigenvalue weighted by Gasteiger charge is 2.30. The van der Waals surface area contributed by atoms with Gasteiger partial charge in [-0.25, -0.2) is 18.0 Å². The summed E-state index contributed by atoms with van der Waals surface area (Å²) in [6, 6.07) is 8.37. The summed E-state index contributed by atoms with van der Waals surface area (Å²) in [6.45, 7) is 4.17. The summed E-state index contributed by atoms with van der Waals surface area (Å²) < 4.78 is 49.9. The Hall–Kier alpha value is -2.30. The molecule has 2 aromatic carbocycles. The van der Waals surface area contributed by atoms with Crippen LogP contribution in [-0.4, -0.2) is 12.1 Å². The van der Waals surface area contributed by atoms with Crippen LogP contribution in [0.15, 0.2) is 30.3 Å². The lowest BCUT2D eigenvalue weighted by molar-refractivity contribution is 0.0188. The van der Waals surface area contributed by atoms with E-state index in [-0.39, 0.29) is 29.3 Å². The first-order valence-corrected chi connectivity index (χ1v) is 13.4. The molecule has 0 bridgehead atoms. The fourth-order valence-corrected chi connectivity index (χ4v) is 6.04. The zero-order chi connectivity index (χ0) is 24.9. The van der Waals surface area contributed by atoms with E-state index >= 15 is 0 Å². The van der Waals surface area contributed by atoms with Crippen molar-refractivity contribution in [3.63, 3.8) is 0 Å². The summed E-state index contributed by atoms with van der Waals surface area (Å²) in [5.41, 5.74) is 1.72. The molecule has 0 spiro atoms. The topological polar surface area (TPSA) is 26.3 Å². The van der Waals surface area contributed by atoms with Crippen molar-refractivity contribution in [1.29, 1.82) is 0 Å². The van der Waals surface area contributed by atoms with Gasteiger partial charge in [-0.2, -0.15) is 0 Å². The number of hydrogen-bond acceptors (Lipinski definition) is 2. The maximum Gasteiger partial charge on any atom is 0.341 e. The van der Waals surface area contributed by atoms with Crippen molar-refractivity contribution in [2.45, 2.75) is 102 Å². The average molecular weight is 487 g/mol. The lowest BCUT2D eigenvalue weighted by atomic mass is 9.77. The Labute approximate surface area is 207 Å². The molecule has 0 saturated heterocycles. The van der Waals surface area contributed by atoms with Crippen LogP contribution in [0.2, 0.25) is 0 Å². The quantitative estimate of drug-likeness (QED) is 0.366. The van der Waals surface area contributed by atoms with Crippen LogP contribution in [0.1, 0.15) is 117 Å². The third kappa shape index (κ3) is 5.92. The van der Waals surface area contributed by atoms with Gasteiger partial charge in [0, 0.05) is 0 Å². The third-order valence-corrected chi connectivity index (χ3v) is 8.18. The van der Waals surface area contributed by atoms with Gasteiger partial charge in [0.25, 0.3) is 0 Å². The van der Waals surface area contributed by atoms with Crippen molar-refractivity contribution in [1.82, 2.24) is 0 Å². The molecule has 0 radical (unpaired) electrons. The molecule has 2 saturated carbocycles. The predicted molar refractivity (Wildman–Crippen MR) is 132 cm³/mol. The van der Waals surface area contributed by atoms with E-state index in [1.807, 2.05) is 19.1 Å². The molecule has 2 aromatic rings. The van der Waals surface area contributed by atoms with Crippen molar-refractivity contribution >= 4 is 5.97 Å². The highest BCUT2D eigenvalue weighted by Crippen LogP contribution is 2.40. The monoisotopic (exact) mass is 486 g/mol. The Morgan fingerprint density at radius 2 is 1.46 bits per heavy atom. The van der Waals surface area contributed by atoms with Gasteiger partial charge in [0.05, 0.1) is 5.56 Å². The molecule has 0 aromatic heterocycles. The number of rotatable bonds is 7. The number of hydrogen-bond donors (Lipinski definition) is 0. The SMILES string of the molecule is CCCC1CCC(c2ccc(C(=O)OC3CCC(c4ccc(CC)cc4F)CC3)c(F)c2F)CC1. The number of esters is 1. The molecular formula is C30H37F3O2. The standard InChI is InChI=1S/C30H37F3O2/c1-3-5-20-6-9-22(10-7-20)25-16-17-26(29(33)28(25)32)30(34)35-23-13-11-21(12-14-23)24-15-8-19(4-2)18-27(24)31/h8,15-18,20-23H,3-7,9-14H2,1-2H3. The van der Waals surface area contributed by atoms with Crippen LogP contribution in [0.3, 0.4) is 0 Å². The van der Waals surface area contributed by atoms with Gasteiger partial charge in [-0.15, -0.1) is 0 Å². The Morgan fingerprint density at radius 1 is 0.829 bits per heavy atom. The van der Waals surface area contributed by atoms with E-state index in [1.165, 1.54) is 12.5 Å².